The Kier molecular flexibility index (Phi) is 11.8. The Morgan fingerprint density at radius 3 is 2.13 bits per heavy atom. The molecule has 1 aliphatic rings. The molecule has 23 heavy (non-hydrogen) atoms. The molecule has 0 saturated carbocycles. The summed E-state index contributed by atoms with van der Waals surface area (Å²) in [5.74, 6) is 0. The summed E-state index contributed by atoms with van der Waals surface area (Å²) in [4.78, 5) is 0. The summed E-state index contributed by atoms with van der Waals surface area (Å²) in [6, 6.07) is 0.851. The van der Waals surface area contributed by atoms with Crippen LogP contribution in [0.5, 0.6) is 0 Å². The first-order valence-electron chi connectivity index (χ1n) is 9.02. The average Bonchev–Trinajstić information content (AvgIpc) is 3.34. The van der Waals surface area contributed by atoms with E-state index in [1.54, 1.807) is 0 Å². The van der Waals surface area contributed by atoms with Gasteiger partial charge in [0.05, 0.1) is 13.2 Å². The molecule has 0 aliphatic carbocycles. The maximum Gasteiger partial charge on any atom is 0.501 e. The highest BCUT2D eigenvalue weighted by molar-refractivity contribution is 6.60. The van der Waals surface area contributed by atoms with Crippen LogP contribution in [-0.2, 0) is 22.8 Å². The SMILES string of the molecule is CCO[Si](CCC=CCCCCOCC1CO1)(OCC)OCC. The van der Waals surface area contributed by atoms with E-state index in [1.807, 2.05) is 20.8 Å². The summed E-state index contributed by atoms with van der Waals surface area (Å²) in [5.41, 5.74) is 0. The Labute approximate surface area is 142 Å². The Balaban J connectivity index is 2.07. The summed E-state index contributed by atoms with van der Waals surface area (Å²) in [6.45, 7) is 10.4. The lowest BCUT2D eigenvalue weighted by molar-refractivity contribution is 0.0716. The van der Waals surface area contributed by atoms with Gasteiger partial charge < -0.3 is 22.8 Å². The van der Waals surface area contributed by atoms with Gasteiger partial charge in [-0.15, -0.1) is 0 Å². The Morgan fingerprint density at radius 1 is 0.957 bits per heavy atom. The first kappa shape index (κ1) is 20.8. The van der Waals surface area contributed by atoms with Crippen LogP contribution in [0.3, 0.4) is 0 Å². The van der Waals surface area contributed by atoms with E-state index in [9.17, 15) is 0 Å². The molecule has 1 atom stereocenters. The van der Waals surface area contributed by atoms with Crippen molar-refractivity contribution in [2.45, 2.75) is 58.6 Å². The molecular formula is C17H34O5Si. The van der Waals surface area contributed by atoms with Crippen molar-refractivity contribution >= 4 is 8.80 Å². The quantitative estimate of drug-likeness (QED) is 0.185. The summed E-state index contributed by atoms with van der Waals surface area (Å²) < 4.78 is 28.1. The summed E-state index contributed by atoms with van der Waals surface area (Å²) >= 11 is 0. The molecule has 6 heteroatoms. The van der Waals surface area contributed by atoms with E-state index in [0.717, 1.165) is 51.5 Å². The fourth-order valence-electron chi connectivity index (χ4n) is 2.34. The second-order valence-corrected chi connectivity index (χ2v) is 8.25. The molecule has 0 aromatic heterocycles. The lowest BCUT2D eigenvalue weighted by Crippen LogP contribution is -2.45. The first-order chi connectivity index (χ1) is 11.3. The van der Waals surface area contributed by atoms with Crippen molar-refractivity contribution in [2.75, 3.05) is 39.6 Å². The van der Waals surface area contributed by atoms with Crippen molar-refractivity contribution < 1.29 is 22.8 Å². The zero-order valence-electron chi connectivity index (χ0n) is 15.1. The Morgan fingerprint density at radius 2 is 1.57 bits per heavy atom. The van der Waals surface area contributed by atoms with Crippen molar-refractivity contribution in [3.63, 3.8) is 0 Å². The predicted octanol–water partition coefficient (Wildman–Crippen LogP) is 3.57. The number of hydrogen-bond donors (Lipinski definition) is 0. The largest absolute Gasteiger partial charge is 0.501 e. The van der Waals surface area contributed by atoms with Gasteiger partial charge in [-0.3, -0.25) is 0 Å². The molecule has 1 aliphatic heterocycles. The highest BCUT2D eigenvalue weighted by Crippen LogP contribution is 2.18. The van der Waals surface area contributed by atoms with Crippen LogP contribution in [0, 0.1) is 0 Å². The zero-order valence-corrected chi connectivity index (χ0v) is 16.1. The lowest BCUT2D eigenvalue weighted by atomic mass is 10.2. The van der Waals surface area contributed by atoms with Crippen molar-refractivity contribution in [2.24, 2.45) is 0 Å². The van der Waals surface area contributed by atoms with Gasteiger partial charge in [-0.2, -0.15) is 0 Å². The fraction of sp³-hybridized carbons (Fsp3) is 0.882. The van der Waals surface area contributed by atoms with Gasteiger partial charge >= 0.3 is 8.80 Å². The summed E-state index contributed by atoms with van der Waals surface area (Å²) in [6.07, 6.45) is 9.14. The highest BCUT2D eigenvalue weighted by atomic mass is 28.4. The molecule has 0 aromatic rings. The monoisotopic (exact) mass is 346 g/mol. The second-order valence-electron chi connectivity index (χ2n) is 5.52. The van der Waals surface area contributed by atoms with Crippen molar-refractivity contribution in [1.29, 1.82) is 0 Å². The van der Waals surface area contributed by atoms with Gasteiger partial charge in [0.2, 0.25) is 0 Å². The van der Waals surface area contributed by atoms with Gasteiger partial charge in [-0.25, -0.2) is 0 Å². The summed E-state index contributed by atoms with van der Waals surface area (Å²) in [5, 5.41) is 0. The second kappa shape index (κ2) is 13.1. The van der Waals surface area contributed by atoms with E-state index in [2.05, 4.69) is 12.2 Å². The average molecular weight is 347 g/mol. The molecule has 0 N–H and O–H groups in total. The molecule has 1 fully saturated rings. The molecule has 1 rings (SSSR count). The standard InChI is InChI=1S/C17H34O5Si/c1-4-20-23(21-5-2,22-6-3)14-12-10-8-7-9-11-13-18-15-17-16-19-17/h8,10,17H,4-7,9,11-16H2,1-3H3. The molecule has 0 aromatic carbocycles. The van der Waals surface area contributed by atoms with E-state index < -0.39 is 8.80 Å². The van der Waals surface area contributed by atoms with Crippen LogP contribution < -0.4 is 0 Å². The minimum atomic E-state index is -2.47. The van der Waals surface area contributed by atoms with Crippen LogP contribution in [0.1, 0.15) is 46.5 Å². The number of hydrogen-bond acceptors (Lipinski definition) is 5. The molecule has 1 unspecified atom stereocenters. The molecule has 5 nitrogen and oxygen atoms in total. The van der Waals surface area contributed by atoms with Gasteiger partial charge in [0, 0.05) is 32.5 Å². The van der Waals surface area contributed by atoms with Crippen LogP contribution in [0.25, 0.3) is 0 Å². The Bertz CT molecular complexity index is 290. The summed E-state index contributed by atoms with van der Waals surface area (Å²) in [7, 11) is -2.47. The topological polar surface area (TPSA) is 49.5 Å². The molecule has 0 spiro atoms. The number of rotatable bonds is 16. The molecule has 0 radical (unpaired) electrons. The van der Waals surface area contributed by atoms with Gasteiger partial charge in [0.15, 0.2) is 0 Å². The maximum absolute atomic E-state index is 5.84. The van der Waals surface area contributed by atoms with Gasteiger partial charge in [0.1, 0.15) is 6.10 Å². The zero-order chi connectivity index (χ0) is 16.8. The normalized spacial score (nSPS) is 18.0. The van der Waals surface area contributed by atoms with Crippen LogP contribution in [0.2, 0.25) is 6.04 Å². The first-order valence-corrected chi connectivity index (χ1v) is 11.0. The van der Waals surface area contributed by atoms with Gasteiger partial charge in [-0.05, 0) is 46.5 Å². The predicted molar refractivity (Wildman–Crippen MR) is 93.6 cm³/mol. The number of epoxide rings is 1. The number of allylic oxidation sites excluding steroid dienone is 2. The smallest absolute Gasteiger partial charge is 0.379 e. The highest BCUT2D eigenvalue weighted by Gasteiger charge is 2.39. The van der Waals surface area contributed by atoms with Crippen LogP contribution in [0.15, 0.2) is 12.2 Å². The number of ether oxygens (including phenoxy) is 2. The molecule has 0 bridgehead atoms. The van der Waals surface area contributed by atoms with Crippen LogP contribution >= 0.6 is 0 Å². The Hall–Kier alpha value is -0.243. The molecule has 0 amide bonds. The van der Waals surface area contributed by atoms with E-state index in [1.165, 1.54) is 0 Å². The minimum Gasteiger partial charge on any atom is -0.379 e. The van der Waals surface area contributed by atoms with Gasteiger partial charge in [0.25, 0.3) is 0 Å². The minimum absolute atomic E-state index is 0.375. The molecule has 136 valence electrons. The number of unbranched alkanes of at least 4 members (excludes halogenated alkanes) is 2. The maximum atomic E-state index is 5.84. The van der Waals surface area contributed by atoms with E-state index >= 15 is 0 Å². The van der Waals surface area contributed by atoms with Crippen molar-refractivity contribution in [3.05, 3.63) is 12.2 Å². The van der Waals surface area contributed by atoms with E-state index in [-0.39, 0.29) is 0 Å². The van der Waals surface area contributed by atoms with E-state index in [0.29, 0.717) is 25.9 Å². The fourth-order valence-corrected chi connectivity index (χ4v) is 4.87. The van der Waals surface area contributed by atoms with Crippen LogP contribution in [-0.4, -0.2) is 54.5 Å². The lowest BCUT2D eigenvalue weighted by Gasteiger charge is -2.28. The third-order valence-corrected chi connectivity index (χ3v) is 6.58. The third kappa shape index (κ3) is 10.3. The third-order valence-electron chi connectivity index (χ3n) is 3.49. The van der Waals surface area contributed by atoms with Crippen molar-refractivity contribution in [1.82, 2.24) is 0 Å². The van der Waals surface area contributed by atoms with Gasteiger partial charge in [-0.1, -0.05) is 12.2 Å². The molecule has 1 heterocycles. The van der Waals surface area contributed by atoms with Crippen molar-refractivity contribution in [3.8, 4) is 0 Å². The van der Waals surface area contributed by atoms with Crippen LogP contribution in [0.4, 0.5) is 0 Å². The van der Waals surface area contributed by atoms with E-state index in [4.69, 9.17) is 22.8 Å². The molecule has 1 saturated heterocycles. The molecular weight excluding hydrogens is 312 g/mol.